The van der Waals surface area contributed by atoms with Gasteiger partial charge in [-0.3, -0.25) is 4.79 Å². The fourth-order valence-electron chi connectivity index (χ4n) is 2.40. The number of carbonyl (C=O) groups excluding carboxylic acids is 1. The number of aliphatic hydroxyl groups is 1. The summed E-state index contributed by atoms with van der Waals surface area (Å²) in [6, 6.07) is 5.73. The molecule has 5 heteroatoms. The zero-order valence-electron chi connectivity index (χ0n) is 10.3. The van der Waals surface area contributed by atoms with E-state index in [0.717, 1.165) is 15.8 Å². The number of hydrogen-bond acceptors (Lipinski definition) is 3. The predicted octanol–water partition coefficient (Wildman–Crippen LogP) is 1.82. The van der Waals surface area contributed by atoms with Gasteiger partial charge in [-0.25, -0.2) is 0 Å². The van der Waals surface area contributed by atoms with Gasteiger partial charge in [-0.1, -0.05) is 15.9 Å². The number of carbonyl (C=O) groups is 1. The summed E-state index contributed by atoms with van der Waals surface area (Å²) < 4.78 is 6.55. The molecule has 1 saturated heterocycles. The van der Waals surface area contributed by atoms with Gasteiger partial charge in [-0.15, -0.1) is 0 Å². The number of halogens is 1. The molecule has 0 radical (unpaired) electrons. The number of hydrogen-bond donors (Lipinski definition) is 1. The van der Waals surface area contributed by atoms with Crippen molar-refractivity contribution in [2.75, 3.05) is 19.7 Å². The van der Waals surface area contributed by atoms with E-state index in [1.54, 1.807) is 4.90 Å². The second kappa shape index (κ2) is 4.98. The molecule has 2 aliphatic heterocycles. The van der Waals surface area contributed by atoms with Crippen LogP contribution in [0.5, 0.6) is 5.75 Å². The van der Waals surface area contributed by atoms with E-state index in [0.29, 0.717) is 31.7 Å². The Kier molecular flexibility index (Phi) is 3.33. The molecule has 1 aromatic carbocycles. The van der Waals surface area contributed by atoms with E-state index in [4.69, 9.17) is 4.74 Å². The smallest absolute Gasteiger partial charge is 0.253 e. The van der Waals surface area contributed by atoms with E-state index in [1.807, 2.05) is 24.3 Å². The number of β-amino-alcohol motifs (C(OH)–C–C–N with tert-alkyl or cyclic N) is 1. The maximum absolute atomic E-state index is 12.3. The van der Waals surface area contributed by atoms with Crippen LogP contribution in [0.3, 0.4) is 0 Å². The summed E-state index contributed by atoms with van der Waals surface area (Å²) >= 11 is 3.41. The summed E-state index contributed by atoms with van der Waals surface area (Å²) in [5.41, 5.74) is 1.54. The average molecular weight is 324 g/mol. The van der Waals surface area contributed by atoms with Gasteiger partial charge in [0, 0.05) is 23.1 Å². The van der Waals surface area contributed by atoms with E-state index >= 15 is 0 Å². The molecule has 0 spiro atoms. The second-order valence-corrected chi connectivity index (χ2v) is 5.75. The highest BCUT2D eigenvalue weighted by molar-refractivity contribution is 9.10. The van der Waals surface area contributed by atoms with Gasteiger partial charge >= 0.3 is 0 Å². The highest BCUT2D eigenvalue weighted by Crippen LogP contribution is 2.30. The SMILES string of the molecule is O=C(C1=Cc2cc(Br)ccc2OC1)N1CC[C@H](O)C1. The maximum atomic E-state index is 12.3. The molecule has 100 valence electrons. The van der Waals surface area contributed by atoms with Crippen LogP contribution in [0, 0.1) is 0 Å². The average Bonchev–Trinajstić information content (AvgIpc) is 2.83. The number of ether oxygens (including phenoxy) is 1. The third kappa shape index (κ3) is 2.53. The molecular weight excluding hydrogens is 310 g/mol. The first-order chi connectivity index (χ1) is 9.13. The van der Waals surface area contributed by atoms with E-state index in [-0.39, 0.29) is 5.91 Å². The minimum atomic E-state index is -0.393. The fourth-order valence-corrected chi connectivity index (χ4v) is 2.78. The first kappa shape index (κ1) is 12.7. The number of likely N-dealkylation sites (tertiary alicyclic amines) is 1. The fraction of sp³-hybridized carbons (Fsp3) is 0.357. The first-order valence-electron chi connectivity index (χ1n) is 6.24. The Bertz CT molecular complexity index is 556. The summed E-state index contributed by atoms with van der Waals surface area (Å²) in [7, 11) is 0. The van der Waals surface area contributed by atoms with Crippen molar-refractivity contribution in [1.82, 2.24) is 4.90 Å². The number of aliphatic hydroxyl groups excluding tert-OH is 1. The molecule has 0 unspecified atom stereocenters. The Morgan fingerprint density at radius 3 is 3.05 bits per heavy atom. The maximum Gasteiger partial charge on any atom is 0.253 e. The van der Waals surface area contributed by atoms with Crippen LogP contribution < -0.4 is 4.74 Å². The van der Waals surface area contributed by atoms with Crippen molar-refractivity contribution < 1.29 is 14.6 Å². The zero-order valence-corrected chi connectivity index (χ0v) is 11.9. The van der Waals surface area contributed by atoms with Crippen molar-refractivity contribution in [1.29, 1.82) is 0 Å². The Balaban J connectivity index is 1.84. The minimum Gasteiger partial charge on any atom is -0.488 e. The van der Waals surface area contributed by atoms with Crippen LogP contribution in [-0.2, 0) is 4.79 Å². The highest BCUT2D eigenvalue weighted by Gasteiger charge is 2.28. The van der Waals surface area contributed by atoms with Crippen molar-refractivity contribution in [3.8, 4) is 5.75 Å². The molecule has 0 aliphatic carbocycles. The number of rotatable bonds is 1. The lowest BCUT2D eigenvalue weighted by atomic mass is 10.1. The van der Waals surface area contributed by atoms with Crippen LogP contribution in [0.2, 0.25) is 0 Å². The highest BCUT2D eigenvalue weighted by atomic mass is 79.9. The largest absolute Gasteiger partial charge is 0.488 e. The summed E-state index contributed by atoms with van der Waals surface area (Å²) in [5.74, 6) is 0.753. The van der Waals surface area contributed by atoms with Gasteiger partial charge in [0.15, 0.2) is 0 Å². The van der Waals surface area contributed by atoms with E-state index < -0.39 is 6.10 Å². The molecule has 0 bridgehead atoms. The molecule has 3 rings (SSSR count). The minimum absolute atomic E-state index is 0.0397. The number of fused-ring (bicyclic) bond motifs is 1. The van der Waals surface area contributed by atoms with Crippen LogP contribution in [0.15, 0.2) is 28.2 Å². The third-order valence-corrected chi connectivity index (χ3v) is 3.90. The summed E-state index contributed by atoms with van der Waals surface area (Å²) in [6.45, 7) is 1.32. The van der Waals surface area contributed by atoms with Crippen LogP contribution in [0.1, 0.15) is 12.0 Å². The molecule has 19 heavy (non-hydrogen) atoms. The lowest BCUT2D eigenvalue weighted by Crippen LogP contribution is -2.33. The van der Waals surface area contributed by atoms with E-state index in [1.165, 1.54) is 0 Å². The van der Waals surface area contributed by atoms with Crippen molar-refractivity contribution in [3.63, 3.8) is 0 Å². The molecule has 2 aliphatic rings. The summed E-state index contributed by atoms with van der Waals surface area (Å²) in [5, 5.41) is 9.49. The van der Waals surface area contributed by atoms with Crippen molar-refractivity contribution >= 4 is 27.9 Å². The quantitative estimate of drug-likeness (QED) is 0.857. The van der Waals surface area contributed by atoms with Crippen molar-refractivity contribution in [2.24, 2.45) is 0 Å². The standard InChI is InChI=1S/C14H14BrNO3/c15-11-1-2-13-9(6-11)5-10(8-19-13)14(18)16-4-3-12(17)7-16/h1-2,5-6,12,17H,3-4,7-8H2/t12-/m0/s1. The summed E-state index contributed by atoms with van der Waals surface area (Å²) in [4.78, 5) is 14.0. The first-order valence-corrected chi connectivity index (χ1v) is 7.03. The molecule has 1 N–H and O–H groups in total. The van der Waals surface area contributed by atoms with Crippen LogP contribution in [-0.4, -0.2) is 41.7 Å². The predicted molar refractivity (Wildman–Crippen MR) is 74.8 cm³/mol. The van der Waals surface area contributed by atoms with Crippen molar-refractivity contribution in [3.05, 3.63) is 33.8 Å². The molecule has 2 heterocycles. The molecule has 0 saturated carbocycles. The normalized spacial score (nSPS) is 21.7. The molecular formula is C14H14BrNO3. The Morgan fingerprint density at radius 1 is 1.47 bits per heavy atom. The van der Waals surface area contributed by atoms with Gasteiger partial charge in [0.05, 0.1) is 11.7 Å². The molecule has 0 aromatic heterocycles. The lowest BCUT2D eigenvalue weighted by Gasteiger charge is -2.22. The number of nitrogens with zero attached hydrogens (tertiary/aromatic N) is 1. The molecule has 4 nitrogen and oxygen atoms in total. The number of benzene rings is 1. The lowest BCUT2D eigenvalue weighted by molar-refractivity contribution is -0.126. The van der Waals surface area contributed by atoms with E-state index in [9.17, 15) is 9.90 Å². The van der Waals surface area contributed by atoms with E-state index in [2.05, 4.69) is 15.9 Å². The summed E-state index contributed by atoms with van der Waals surface area (Å²) in [6.07, 6.45) is 2.13. The Hall–Kier alpha value is -1.33. The number of amides is 1. The van der Waals surface area contributed by atoms with Crippen LogP contribution in [0.25, 0.3) is 6.08 Å². The van der Waals surface area contributed by atoms with Gasteiger partial charge < -0.3 is 14.7 Å². The molecule has 1 fully saturated rings. The molecule has 1 amide bonds. The second-order valence-electron chi connectivity index (χ2n) is 4.83. The van der Waals surface area contributed by atoms with Gasteiger partial charge in [0.1, 0.15) is 12.4 Å². The van der Waals surface area contributed by atoms with Crippen LogP contribution >= 0.6 is 15.9 Å². The molecule has 1 aromatic rings. The van der Waals surface area contributed by atoms with Gasteiger partial charge in [0.2, 0.25) is 0 Å². The Morgan fingerprint density at radius 2 is 2.32 bits per heavy atom. The Labute approximate surface area is 119 Å². The van der Waals surface area contributed by atoms with Gasteiger partial charge in [-0.2, -0.15) is 0 Å². The molecule has 1 atom stereocenters. The monoisotopic (exact) mass is 323 g/mol. The van der Waals surface area contributed by atoms with Gasteiger partial charge in [0.25, 0.3) is 5.91 Å². The van der Waals surface area contributed by atoms with Gasteiger partial charge in [-0.05, 0) is 30.7 Å². The topological polar surface area (TPSA) is 49.8 Å². The third-order valence-electron chi connectivity index (χ3n) is 3.41. The zero-order chi connectivity index (χ0) is 13.4. The van der Waals surface area contributed by atoms with Crippen molar-refractivity contribution in [2.45, 2.75) is 12.5 Å². The van der Waals surface area contributed by atoms with Crippen LogP contribution in [0.4, 0.5) is 0 Å².